The van der Waals surface area contributed by atoms with Gasteiger partial charge in [0.05, 0.1) is 37.0 Å². The van der Waals surface area contributed by atoms with Crippen LogP contribution in [0.5, 0.6) is 5.75 Å². The molecule has 4 aromatic rings. The maximum atomic E-state index is 13.0. The van der Waals surface area contributed by atoms with Gasteiger partial charge in [-0.1, -0.05) is 0 Å². The van der Waals surface area contributed by atoms with Crippen LogP contribution in [-0.4, -0.2) is 72.4 Å². The highest BCUT2D eigenvalue weighted by Gasteiger charge is 2.44. The average Bonchev–Trinajstić information content (AvgIpc) is 3.32. The van der Waals surface area contributed by atoms with Crippen molar-refractivity contribution in [3.05, 3.63) is 64.8 Å². The van der Waals surface area contributed by atoms with Crippen molar-refractivity contribution in [2.75, 3.05) is 18.5 Å². The zero-order valence-electron chi connectivity index (χ0n) is 24.4. The molecule has 42 heavy (non-hydrogen) atoms. The maximum Gasteiger partial charge on any atom is 0.410 e. The van der Waals surface area contributed by atoms with Crippen LogP contribution < -0.4 is 15.6 Å². The van der Waals surface area contributed by atoms with E-state index >= 15 is 0 Å². The van der Waals surface area contributed by atoms with Gasteiger partial charge in [0.2, 0.25) is 0 Å². The van der Waals surface area contributed by atoms with Crippen LogP contribution in [0.15, 0.2) is 53.6 Å². The van der Waals surface area contributed by atoms with Gasteiger partial charge in [0.15, 0.2) is 11.6 Å². The number of morpholine rings is 1. The monoisotopic (exact) mass is 573 g/mol. The van der Waals surface area contributed by atoms with Gasteiger partial charge in [-0.2, -0.15) is 10.2 Å². The Bertz CT molecular complexity index is 1680. The Balaban J connectivity index is 1.23. The molecule has 1 unspecified atom stereocenters. The maximum absolute atomic E-state index is 13.0. The third-order valence-electron chi connectivity index (χ3n) is 7.37. The molecule has 2 saturated heterocycles. The van der Waals surface area contributed by atoms with E-state index in [1.54, 1.807) is 23.8 Å². The number of aromatic nitrogens is 5. The van der Waals surface area contributed by atoms with Gasteiger partial charge in [-0.3, -0.25) is 14.7 Å². The molecule has 2 fully saturated rings. The second kappa shape index (κ2) is 10.8. The number of nitrogens with one attached hydrogen (secondary N) is 1. The van der Waals surface area contributed by atoms with Gasteiger partial charge in [0.1, 0.15) is 17.5 Å². The van der Waals surface area contributed by atoms with Crippen LogP contribution in [0.1, 0.15) is 39.3 Å². The number of anilines is 2. The fourth-order valence-electron chi connectivity index (χ4n) is 5.54. The van der Waals surface area contributed by atoms with Gasteiger partial charge in [-0.05, 0) is 57.5 Å². The Morgan fingerprint density at radius 1 is 1.05 bits per heavy atom. The highest BCUT2D eigenvalue weighted by atomic mass is 16.6. The van der Waals surface area contributed by atoms with Crippen molar-refractivity contribution in [1.29, 1.82) is 0 Å². The molecule has 220 valence electrons. The summed E-state index contributed by atoms with van der Waals surface area (Å²) in [6.45, 7) is 8.50. The van der Waals surface area contributed by atoms with Crippen LogP contribution in [0.4, 0.5) is 16.4 Å². The minimum atomic E-state index is -0.562. The number of carbonyl (C=O) groups excluding carboxylic acids is 1. The van der Waals surface area contributed by atoms with Gasteiger partial charge in [-0.25, -0.2) is 14.0 Å². The van der Waals surface area contributed by atoms with E-state index in [1.165, 1.54) is 10.7 Å². The van der Waals surface area contributed by atoms with E-state index in [9.17, 15) is 9.59 Å². The molecule has 1 amide bonds. The molecule has 0 aromatic carbocycles. The molecule has 12 nitrogen and oxygen atoms in total. The second-order valence-corrected chi connectivity index (χ2v) is 11.9. The number of hydrogen-bond donors (Lipinski definition) is 1. The summed E-state index contributed by atoms with van der Waals surface area (Å²) in [5, 5.41) is 12.0. The van der Waals surface area contributed by atoms with E-state index in [1.807, 2.05) is 63.1 Å². The first-order valence-electron chi connectivity index (χ1n) is 14.1. The summed E-state index contributed by atoms with van der Waals surface area (Å²) in [4.78, 5) is 31.0. The lowest BCUT2D eigenvalue weighted by Gasteiger charge is -2.48. The quantitative estimate of drug-likeness (QED) is 0.376. The van der Waals surface area contributed by atoms with Crippen molar-refractivity contribution >= 4 is 23.2 Å². The number of pyridine rings is 2. The van der Waals surface area contributed by atoms with Crippen molar-refractivity contribution in [3.63, 3.8) is 0 Å². The van der Waals surface area contributed by atoms with Crippen molar-refractivity contribution in [3.8, 4) is 16.9 Å². The van der Waals surface area contributed by atoms with E-state index in [4.69, 9.17) is 14.2 Å². The van der Waals surface area contributed by atoms with E-state index in [0.717, 1.165) is 22.3 Å². The van der Waals surface area contributed by atoms with Gasteiger partial charge >= 0.3 is 6.09 Å². The number of hydrogen-bond acceptors (Lipinski definition) is 9. The van der Waals surface area contributed by atoms with Crippen LogP contribution in [0.2, 0.25) is 0 Å². The summed E-state index contributed by atoms with van der Waals surface area (Å²) in [7, 11) is 1.60. The zero-order chi connectivity index (χ0) is 29.6. The number of fused-ring (bicyclic) bond motifs is 3. The molecule has 1 N–H and O–H groups in total. The first-order chi connectivity index (χ1) is 20.0. The SMILES string of the molecule is Cc1cc(-c2ccn3nc(Nc4ccc(=O)n(C)n4)cc3c2)c(OC2C[C@H]3COC[C@@H](C2)N3C(=O)OC(C)(C)C)cn1. The molecule has 0 spiro atoms. The molecule has 3 atom stereocenters. The molecule has 2 bridgehead atoms. The third-order valence-corrected chi connectivity index (χ3v) is 7.37. The van der Waals surface area contributed by atoms with Crippen molar-refractivity contribution in [2.24, 2.45) is 7.05 Å². The predicted molar refractivity (Wildman–Crippen MR) is 156 cm³/mol. The number of ether oxygens (including phenoxy) is 3. The molecule has 0 radical (unpaired) electrons. The standard InChI is InChI=1S/C30H35N7O5/c1-18-10-24(19-8-9-36-20(11-19)14-27(34-36)32-26-6-7-28(38)35(5)33-26)25(15-31-18)41-23-12-21-16-40-17-22(13-23)37(21)29(39)42-30(2,3)4/h6-11,14-15,21-23H,12-13,16-17H2,1-5H3,(H,32,33,34)/t21-,22+,23?. The number of aryl methyl sites for hydroxylation is 2. The molecular weight excluding hydrogens is 538 g/mol. The van der Waals surface area contributed by atoms with Crippen LogP contribution >= 0.6 is 0 Å². The first kappa shape index (κ1) is 27.7. The highest BCUT2D eigenvalue weighted by molar-refractivity contribution is 5.75. The molecule has 6 heterocycles. The molecule has 6 rings (SSSR count). The molecule has 2 aliphatic heterocycles. The lowest BCUT2D eigenvalue weighted by atomic mass is 9.92. The minimum Gasteiger partial charge on any atom is -0.488 e. The van der Waals surface area contributed by atoms with Gasteiger partial charge in [-0.15, -0.1) is 0 Å². The number of amides is 1. The van der Waals surface area contributed by atoms with E-state index in [-0.39, 0.29) is 29.8 Å². The van der Waals surface area contributed by atoms with Crippen LogP contribution in [-0.2, 0) is 16.5 Å². The van der Waals surface area contributed by atoms with Gasteiger partial charge in [0, 0.05) is 49.5 Å². The summed E-state index contributed by atoms with van der Waals surface area (Å²) in [5.41, 5.74) is 2.89. The summed E-state index contributed by atoms with van der Waals surface area (Å²) in [6, 6.07) is 10.8. The fraction of sp³-hybridized carbons (Fsp3) is 0.433. The molecule has 0 aliphatic carbocycles. The number of nitrogens with zero attached hydrogens (tertiary/aromatic N) is 6. The van der Waals surface area contributed by atoms with Crippen LogP contribution in [0.3, 0.4) is 0 Å². The smallest absolute Gasteiger partial charge is 0.410 e. The molecule has 2 aliphatic rings. The number of carbonyl (C=O) groups is 1. The summed E-state index contributed by atoms with van der Waals surface area (Å²) in [6.07, 6.45) is 4.54. The van der Waals surface area contributed by atoms with Crippen molar-refractivity contribution < 1.29 is 19.0 Å². The highest BCUT2D eigenvalue weighted by Crippen LogP contribution is 2.36. The first-order valence-corrected chi connectivity index (χ1v) is 14.1. The number of piperidine rings is 1. The lowest BCUT2D eigenvalue weighted by Crippen LogP contribution is -2.61. The Hall–Kier alpha value is -4.45. The largest absolute Gasteiger partial charge is 0.488 e. The van der Waals surface area contributed by atoms with Gasteiger partial charge < -0.3 is 19.5 Å². The summed E-state index contributed by atoms with van der Waals surface area (Å²) in [5.74, 6) is 1.81. The summed E-state index contributed by atoms with van der Waals surface area (Å²) < 4.78 is 21.1. The Labute approximate surface area is 243 Å². The van der Waals surface area contributed by atoms with Crippen molar-refractivity contribution in [2.45, 2.75) is 64.3 Å². The molecule has 12 heteroatoms. The van der Waals surface area contributed by atoms with Gasteiger partial charge in [0.25, 0.3) is 5.56 Å². The lowest BCUT2D eigenvalue weighted by molar-refractivity contribution is -0.0993. The minimum absolute atomic E-state index is 0.102. The number of rotatable bonds is 5. The molecule has 0 saturated carbocycles. The summed E-state index contributed by atoms with van der Waals surface area (Å²) >= 11 is 0. The predicted octanol–water partition coefficient (Wildman–Crippen LogP) is 4.09. The van der Waals surface area contributed by atoms with Crippen LogP contribution in [0, 0.1) is 6.92 Å². The van der Waals surface area contributed by atoms with E-state index < -0.39 is 5.60 Å². The Kier molecular flexibility index (Phi) is 7.09. The third kappa shape index (κ3) is 5.80. The van der Waals surface area contributed by atoms with Crippen molar-refractivity contribution in [1.82, 2.24) is 29.3 Å². The fourth-order valence-corrected chi connectivity index (χ4v) is 5.54. The molecular formula is C30H35N7O5. The van der Waals surface area contributed by atoms with Crippen LogP contribution in [0.25, 0.3) is 16.6 Å². The zero-order valence-corrected chi connectivity index (χ0v) is 24.4. The van der Waals surface area contributed by atoms with E-state index in [0.29, 0.717) is 43.4 Å². The van der Waals surface area contributed by atoms with E-state index in [2.05, 4.69) is 20.5 Å². The topological polar surface area (TPSA) is 125 Å². The normalized spacial score (nSPS) is 20.4. The average molecular weight is 574 g/mol. The second-order valence-electron chi connectivity index (χ2n) is 11.9. The molecule has 4 aromatic heterocycles. The Morgan fingerprint density at radius 3 is 2.52 bits per heavy atom. The Morgan fingerprint density at radius 2 is 1.81 bits per heavy atom.